The van der Waals surface area contributed by atoms with Crippen LogP contribution in [0.15, 0.2) is 30.3 Å². The molecule has 5 rings (SSSR count). The Morgan fingerprint density at radius 2 is 1.74 bits per heavy atom. The second kappa shape index (κ2) is 8.53. The lowest BCUT2D eigenvalue weighted by Gasteiger charge is -2.36. The van der Waals surface area contributed by atoms with Crippen molar-refractivity contribution in [3.63, 3.8) is 0 Å². The highest BCUT2D eigenvalue weighted by atomic mass is 16.2. The number of aromatic nitrogens is 2. The highest BCUT2D eigenvalue weighted by Crippen LogP contribution is 2.43. The maximum Gasteiger partial charge on any atom is 0.243 e. The zero-order chi connectivity index (χ0) is 24.2. The van der Waals surface area contributed by atoms with Gasteiger partial charge in [0.2, 0.25) is 5.91 Å². The molecule has 1 aliphatic heterocycles. The number of nitrogens with zero attached hydrogens (tertiary/aromatic N) is 3. The van der Waals surface area contributed by atoms with Crippen molar-refractivity contribution in [2.24, 2.45) is 0 Å². The molecule has 2 fully saturated rings. The smallest absolute Gasteiger partial charge is 0.243 e. The van der Waals surface area contributed by atoms with Gasteiger partial charge in [0.05, 0.1) is 5.69 Å². The van der Waals surface area contributed by atoms with Crippen LogP contribution in [0.4, 0.5) is 0 Å². The lowest BCUT2D eigenvalue weighted by atomic mass is 9.87. The van der Waals surface area contributed by atoms with Crippen LogP contribution in [0.3, 0.4) is 0 Å². The topological polar surface area (TPSA) is 52.2 Å². The number of pyridine rings is 1. The largest absolute Gasteiger partial charge is 0.354 e. The van der Waals surface area contributed by atoms with Crippen molar-refractivity contribution >= 4 is 16.8 Å². The maximum absolute atomic E-state index is 13.1. The Labute approximate surface area is 203 Å². The predicted molar refractivity (Wildman–Crippen MR) is 139 cm³/mol. The molecule has 3 heterocycles. The Morgan fingerprint density at radius 3 is 2.29 bits per heavy atom. The zero-order valence-corrected chi connectivity index (χ0v) is 21.5. The van der Waals surface area contributed by atoms with Crippen molar-refractivity contribution in [3.05, 3.63) is 52.8 Å². The molecule has 2 aliphatic rings. The van der Waals surface area contributed by atoms with Crippen LogP contribution in [0.25, 0.3) is 22.2 Å². The molecule has 0 spiro atoms. The minimum absolute atomic E-state index is 0.219. The number of fused-ring (bicyclic) bond motifs is 1. The van der Waals surface area contributed by atoms with Gasteiger partial charge in [0.15, 0.2) is 0 Å². The number of carbonyl (C=O) groups excluding carboxylic acids is 1. The van der Waals surface area contributed by atoms with Gasteiger partial charge in [-0.1, -0.05) is 19.9 Å². The average Bonchev–Trinajstić information content (AvgIpc) is 3.52. The van der Waals surface area contributed by atoms with Crippen molar-refractivity contribution in [3.8, 4) is 11.3 Å². The minimum atomic E-state index is -0.219. The summed E-state index contributed by atoms with van der Waals surface area (Å²) < 4.78 is 0. The van der Waals surface area contributed by atoms with Crippen molar-refractivity contribution in [2.75, 3.05) is 27.2 Å². The normalized spacial score (nSPS) is 18.3. The third-order valence-electron chi connectivity index (χ3n) is 8.04. The fourth-order valence-corrected chi connectivity index (χ4v) is 5.97. The Hall–Kier alpha value is -2.66. The summed E-state index contributed by atoms with van der Waals surface area (Å²) in [6.45, 7) is 10.4. The number of hydrogen-bond acceptors (Lipinski definition) is 3. The lowest BCUT2D eigenvalue weighted by molar-refractivity contribution is -0.138. The van der Waals surface area contributed by atoms with E-state index in [2.05, 4.69) is 77.8 Å². The monoisotopic (exact) mass is 458 g/mol. The molecule has 2 aromatic heterocycles. The Balaban J connectivity index is 1.41. The van der Waals surface area contributed by atoms with E-state index in [0.29, 0.717) is 17.7 Å². The van der Waals surface area contributed by atoms with E-state index >= 15 is 0 Å². The first kappa shape index (κ1) is 23.1. The summed E-state index contributed by atoms with van der Waals surface area (Å²) in [5, 5.41) is 1.33. The molecule has 0 radical (unpaired) electrons. The van der Waals surface area contributed by atoms with Gasteiger partial charge < -0.3 is 9.88 Å². The maximum atomic E-state index is 13.1. The van der Waals surface area contributed by atoms with E-state index < -0.39 is 0 Å². The van der Waals surface area contributed by atoms with Gasteiger partial charge in [-0.05, 0) is 101 Å². The lowest BCUT2D eigenvalue weighted by Crippen LogP contribution is -2.50. The van der Waals surface area contributed by atoms with Gasteiger partial charge in [-0.25, -0.2) is 0 Å². The van der Waals surface area contributed by atoms with Crippen molar-refractivity contribution in [1.82, 2.24) is 19.8 Å². The van der Waals surface area contributed by atoms with Gasteiger partial charge >= 0.3 is 0 Å². The van der Waals surface area contributed by atoms with Crippen LogP contribution in [-0.4, -0.2) is 58.4 Å². The van der Waals surface area contributed by atoms with Crippen LogP contribution in [0.5, 0.6) is 0 Å². The standard InChI is InChI=1S/C29H38N4O/c1-18(2)26-24-17-22(7-8-25(24)31-27(26)23-15-19(3)30-20(4)16-23)21-9-13-33(14-10-21)28(34)29(11-12-29)32(5)6/h7-8,15-18,21,31H,9-14H2,1-6H3. The number of rotatable bonds is 5. The summed E-state index contributed by atoms with van der Waals surface area (Å²) in [6.07, 6.45) is 4.08. The number of benzene rings is 1. The van der Waals surface area contributed by atoms with Gasteiger partial charge in [0.25, 0.3) is 0 Å². The van der Waals surface area contributed by atoms with Crippen LogP contribution in [0.2, 0.25) is 0 Å². The third-order valence-corrected chi connectivity index (χ3v) is 8.04. The molecular formula is C29H38N4O. The highest BCUT2D eigenvalue weighted by molar-refractivity contribution is 5.92. The molecule has 1 aromatic carbocycles. The second-order valence-corrected chi connectivity index (χ2v) is 11.0. The first-order valence-corrected chi connectivity index (χ1v) is 12.8. The van der Waals surface area contributed by atoms with Gasteiger partial charge in [0, 0.05) is 40.9 Å². The molecule has 1 N–H and O–H groups in total. The van der Waals surface area contributed by atoms with Gasteiger partial charge in [0.1, 0.15) is 5.54 Å². The molecule has 1 amide bonds. The molecule has 0 atom stereocenters. The number of nitrogens with one attached hydrogen (secondary N) is 1. The zero-order valence-electron chi connectivity index (χ0n) is 21.5. The summed E-state index contributed by atoms with van der Waals surface area (Å²) in [6, 6.07) is 11.3. The van der Waals surface area contributed by atoms with Crippen molar-refractivity contribution in [1.29, 1.82) is 0 Å². The van der Waals surface area contributed by atoms with Gasteiger partial charge in [-0.2, -0.15) is 0 Å². The Morgan fingerprint density at radius 1 is 1.09 bits per heavy atom. The number of carbonyl (C=O) groups is 1. The second-order valence-electron chi connectivity index (χ2n) is 11.0. The van der Waals surface area contributed by atoms with E-state index in [0.717, 1.165) is 50.2 Å². The molecule has 1 saturated heterocycles. The van der Waals surface area contributed by atoms with Crippen LogP contribution in [0.1, 0.15) is 73.9 Å². The van der Waals surface area contributed by atoms with Crippen molar-refractivity contribution < 1.29 is 4.79 Å². The van der Waals surface area contributed by atoms with E-state index in [-0.39, 0.29) is 5.54 Å². The van der Waals surface area contributed by atoms with Crippen molar-refractivity contribution in [2.45, 2.75) is 70.8 Å². The average molecular weight is 459 g/mol. The molecule has 0 bridgehead atoms. The van der Waals surface area contributed by atoms with Crippen LogP contribution < -0.4 is 0 Å². The Bertz CT molecular complexity index is 1210. The van der Waals surface area contributed by atoms with E-state index in [9.17, 15) is 4.79 Å². The van der Waals surface area contributed by atoms with Crippen LogP contribution in [-0.2, 0) is 4.79 Å². The number of aromatic amines is 1. The first-order valence-electron chi connectivity index (χ1n) is 12.8. The molecular weight excluding hydrogens is 420 g/mol. The fraction of sp³-hybridized carbons (Fsp3) is 0.517. The van der Waals surface area contributed by atoms with Crippen LogP contribution >= 0.6 is 0 Å². The fourth-order valence-electron chi connectivity index (χ4n) is 5.97. The highest BCUT2D eigenvalue weighted by Gasteiger charge is 2.53. The summed E-state index contributed by atoms with van der Waals surface area (Å²) in [5.41, 5.74) is 8.30. The number of likely N-dealkylation sites (N-methyl/N-ethyl adjacent to an activating group) is 1. The van der Waals surface area contributed by atoms with Crippen LogP contribution in [0, 0.1) is 13.8 Å². The molecule has 0 unspecified atom stereocenters. The number of hydrogen-bond donors (Lipinski definition) is 1. The van der Waals surface area contributed by atoms with E-state index in [1.807, 2.05) is 14.1 Å². The summed E-state index contributed by atoms with van der Waals surface area (Å²) in [4.78, 5) is 25.6. The predicted octanol–water partition coefficient (Wildman–Crippen LogP) is 5.77. The molecule has 3 aromatic rings. The SMILES string of the molecule is Cc1cc(-c2[nH]c3ccc(C4CCN(C(=O)C5(N(C)C)CC5)CC4)cc3c2C(C)C)cc(C)n1. The molecule has 5 nitrogen and oxygen atoms in total. The Kier molecular flexibility index (Phi) is 5.79. The summed E-state index contributed by atoms with van der Waals surface area (Å²) in [5.74, 6) is 1.26. The summed E-state index contributed by atoms with van der Waals surface area (Å²) >= 11 is 0. The molecule has 180 valence electrons. The number of H-pyrrole nitrogens is 1. The molecule has 1 saturated carbocycles. The molecule has 5 heteroatoms. The third kappa shape index (κ3) is 3.94. The molecule has 34 heavy (non-hydrogen) atoms. The summed E-state index contributed by atoms with van der Waals surface area (Å²) in [7, 11) is 4.08. The van der Waals surface area contributed by atoms with Gasteiger partial charge in [-0.3, -0.25) is 14.7 Å². The first-order chi connectivity index (χ1) is 16.2. The minimum Gasteiger partial charge on any atom is -0.354 e. The van der Waals surface area contributed by atoms with Gasteiger partial charge in [-0.15, -0.1) is 0 Å². The number of piperidine rings is 1. The van der Waals surface area contributed by atoms with E-state index in [4.69, 9.17) is 0 Å². The number of amides is 1. The van der Waals surface area contributed by atoms with E-state index in [1.54, 1.807) is 0 Å². The van der Waals surface area contributed by atoms with E-state index in [1.165, 1.54) is 33.3 Å². The quantitative estimate of drug-likeness (QED) is 0.528. The number of aryl methyl sites for hydroxylation is 2. The number of likely N-dealkylation sites (tertiary alicyclic amines) is 1. The molecule has 1 aliphatic carbocycles.